The van der Waals surface area contributed by atoms with E-state index in [-0.39, 0.29) is 12.4 Å². The summed E-state index contributed by atoms with van der Waals surface area (Å²) in [6.45, 7) is 4.87. The number of fused-ring (bicyclic) bond motifs is 2. The lowest BCUT2D eigenvalue weighted by Crippen LogP contribution is -2.14. The second kappa shape index (κ2) is 21.0. The molecule has 2 aromatic heterocycles. The summed E-state index contributed by atoms with van der Waals surface area (Å²) in [5, 5.41) is 19.1. The number of halogens is 3. The predicted octanol–water partition coefficient (Wildman–Crippen LogP) is 7.75. The minimum absolute atomic E-state index is 0. The summed E-state index contributed by atoms with van der Waals surface area (Å²) in [6, 6.07) is 18.0. The average Bonchev–Trinajstić information content (AvgIpc) is 3.68. The van der Waals surface area contributed by atoms with E-state index in [1.807, 2.05) is 67.0 Å². The molecule has 5 rings (SSSR count). The van der Waals surface area contributed by atoms with Crippen molar-refractivity contribution in [1.82, 2.24) is 14.9 Å². The molecule has 6 N–H and O–H groups in total. The number of ether oxygens (including phenoxy) is 2. The highest BCUT2D eigenvalue weighted by atomic mass is 35.5. The number of likely N-dealkylation sites (N-methyl/N-ethyl adjacent to an activating group) is 1. The van der Waals surface area contributed by atoms with E-state index >= 15 is 0 Å². The van der Waals surface area contributed by atoms with E-state index in [0.717, 1.165) is 70.2 Å². The van der Waals surface area contributed by atoms with Crippen LogP contribution in [0, 0.1) is 0 Å². The summed E-state index contributed by atoms with van der Waals surface area (Å²) in [6.07, 6.45) is 7.86. The molecule has 0 unspecified atom stereocenters. The van der Waals surface area contributed by atoms with Crippen LogP contribution in [0.25, 0.3) is 21.8 Å². The van der Waals surface area contributed by atoms with E-state index in [2.05, 4.69) is 35.9 Å². The minimum atomic E-state index is -1.26. The molecule has 0 saturated carbocycles. The summed E-state index contributed by atoms with van der Waals surface area (Å²) in [7, 11) is 4.15. The number of nitrogens with one attached hydrogen (secondary N) is 2. The van der Waals surface area contributed by atoms with Gasteiger partial charge in [0.1, 0.15) is 18.1 Å². The summed E-state index contributed by atoms with van der Waals surface area (Å²) < 4.78 is 11.5. The zero-order valence-corrected chi connectivity index (χ0v) is 30.0. The van der Waals surface area contributed by atoms with Gasteiger partial charge in [-0.25, -0.2) is 9.59 Å². The van der Waals surface area contributed by atoms with Gasteiger partial charge in [0, 0.05) is 52.9 Å². The monoisotopic (exact) mass is 732 g/mol. The van der Waals surface area contributed by atoms with E-state index in [9.17, 15) is 9.59 Å². The molecule has 0 aliphatic heterocycles. The van der Waals surface area contributed by atoms with Crippen LogP contribution in [0.1, 0.15) is 30.0 Å². The Morgan fingerprint density at radius 1 is 0.816 bits per heavy atom. The molecular weight excluding hydrogens is 691 g/mol. The fourth-order valence-electron chi connectivity index (χ4n) is 4.66. The maximum Gasteiger partial charge on any atom is 0.328 e. The maximum atomic E-state index is 9.55. The smallest absolute Gasteiger partial charge is 0.328 e. The Balaban J connectivity index is 0.000000282. The van der Waals surface area contributed by atoms with Crippen molar-refractivity contribution >= 4 is 69.4 Å². The largest absolute Gasteiger partial charge is 0.492 e. The van der Waals surface area contributed by atoms with Crippen LogP contribution in [0.15, 0.2) is 79.1 Å². The summed E-state index contributed by atoms with van der Waals surface area (Å²) >= 11 is 13.0. The number of hydrogen-bond acceptors (Lipinski definition) is 6. The Hall–Kier alpha value is -4.19. The van der Waals surface area contributed by atoms with Gasteiger partial charge in [-0.3, -0.25) is 0 Å². The van der Waals surface area contributed by atoms with E-state index in [1.54, 1.807) is 0 Å². The molecule has 0 saturated heterocycles. The summed E-state index contributed by atoms with van der Waals surface area (Å²) in [4.78, 5) is 27.8. The molecule has 0 bridgehead atoms. The van der Waals surface area contributed by atoms with Crippen molar-refractivity contribution in [2.75, 3.05) is 33.8 Å². The van der Waals surface area contributed by atoms with Crippen molar-refractivity contribution in [3.05, 3.63) is 106 Å². The molecule has 2 heterocycles. The third-order valence-corrected chi connectivity index (χ3v) is 7.72. The number of carbonyl (C=O) groups is 2. The quantitative estimate of drug-likeness (QED) is 0.0770. The number of nitrogens with two attached hydrogens (primary N) is 1. The topological polar surface area (TPSA) is 154 Å². The molecule has 0 aliphatic rings. The maximum absolute atomic E-state index is 9.55. The number of nitrogens with zero attached hydrogens (tertiary/aromatic N) is 1. The Morgan fingerprint density at radius 2 is 1.33 bits per heavy atom. The van der Waals surface area contributed by atoms with Crippen LogP contribution in [0.3, 0.4) is 0 Å². The molecule has 3 aromatic carbocycles. The first-order chi connectivity index (χ1) is 23.0. The van der Waals surface area contributed by atoms with Gasteiger partial charge >= 0.3 is 11.9 Å². The van der Waals surface area contributed by atoms with Crippen molar-refractivity contribution < 1.29 is 29.3 Å². The number of H-pyrrole nitrogens is 2. The Bertz CT molecular complexity index is 1790. The lowest BCUT2D eigenvalue weighted by atomic mass is 10.1. The van der Waals surface area contributed by atoms with Gasteiger partial charge in [-0.15, -0.1) is 12.4 Å². The van der Waals surface area contributed by atoms with Gasteiger partial charge in [0.05, 0.1) is 16.7 Å². The van der Waals surface area contributed by atoms with Crippen LogP contribution in [-0.2, 0) is 29.0 Å². The SMILES string of the molecule is CCCOc1ccc2[nH]cc(CCN)c2c1Cl.CN(C)CCc1c[nH]c2ccc(OCc3ccccc3)c(Cl)c12.Cl.O=C(O)/C=C/C(=O)O. The molecule has 0 amide bonds. The van der Waals surface area contributed by atoms with Gasteiger partial charge in [-0.2, -0.15) is 0 Å². The van der Waals surface area contributed by atoms with E-state index in [1.165, 1.54) is 5.56 Å². The van der Waals surface area contributed by atoms with E-state index in [4.69, 9.17) is 48.6 Å². The number of benzene rings is 3. The Morgan fingerprint density at radius 3 is 1.80 bits per heavy atom. The highest BCUT2D eigenvalue weighted by Crippen LogP contribution is 2.36. The molecular formula is C36H43Cl3N4O6. The number of carboxylic acid groups (broad SMARTS) is 2. The number of aromatic amines is 2. The highest BCUT2D eigenvalue weighted by molar-refractivity contribution is 6.37. The normalized spacial score (nSPS) is 10.7. The molecule has 13 heteroatoms. The summed E-state index contributed by atoms with van der Waals surface area (Å²) in [5.41, 5.74) is 11.2. The van der Waals surface area contributed by atoms with Crippen LogP contribution in [0.5, 0.6) is 11.5 Å². The molecule has 5 aromatic rings. The number of rotatable bonds is 13. The van der Waals surface area contributed by atoms with Gasteiger partial charge in [0.25, 0.3) is 0 Å². The van der Waals surface area contributed by atoms with E-state index in [0.29, 0.717) is 42.0 Å². The second-order valence-electron chi connectivity index (χ2n) is 11.0. The number of aromatic nitrogens is 2. The van der Waals surface area contributed by atoms with Crippen LogP contribution < -0.4 is 15.2 Å². The van der Waals surface area contributed by atoms with Crippen molar-refractivity contribution in [3.63, 3.8) is 0 Å². The van der Waals surface area contributed by atoms with Gasteiger partial charge in [-0.1, -0.05) is 60.5 Å². The van der Waals surface area contributed by atoms with Crippen LogP contribution >= 0.6 is 35.6 Å². The molecule has 10 nitrogen and oxygen atoms in total. The first kappa shape index (κ1) is 41.0. The molecule has 0 aliphatic carbocycles. The van der Waals surface area contributed by atoms with Crippen molar-refractivity contribution in [3.8, 4) is 11.5 Å². The lowest BCUT2D eigenvalue weighted by molar-refractivity contribution is -0.134. The molecule has 0 fully saturated rings. The van der Waals surface area contributed by atoms with Gasteiger partial charge < -0.3 is 40.3 Å². The fraction of sp³-hybridized carbons (Fsp3) is 0.278. The summed E-state index contributed by atoms with van der Waals surface area (Å²) in [5.74, 6) is -1.03. The third kappa shape index (κ3) is 12.6. The average molecular weight is 734 g/mol. The van der Waals surface area contributed by atoms with Crippen LogP contribution in [0.2, 0.25) is 10.0 Å². The lowest BCUT2D eigenvalue weighted by Gasteiger charge is -2.11. The number of hydrogen-bond donors (Lipinski definition) is 5. The van der Waals surface area contributed by atoms with Crippen LogP contribution in [-0.4, -0.2) is 70.8 Å². The van der Waals surface area contributed by atoms with Gasteiger partial charge in [-0.05, 0) is 80.9 Å². The van der Waals surface area contributed by atoms with Crippen molar-refractivity contribution in [1.29, 1.82) is 0 Å². The zero-order chi connectivity index (χ0) is 35.1. The first-order valence-electron chi connectivity index (χ1n) is 15.4. The molecule has 0 radical (unpaired) electrons. The Kier molecular flexibility index (Phi) is 17.6. The second-order valence-corrected chi connectivity index (χ2v) is 11.7. The molecule has 0 spiro atoms. The molecule has 264 valence electrons. The van der Waals surface area contributed by atoms with Crippen LogP contribution in [0.4, 0.5) is 0 Å². The molecule has 49 heavy (non-hydrogen) atoms. The van der Waals surface area contributed by atoms with Gasteiger partial charge in [0.15, 0.2) is 0 Å². The third-order valence-electron chi connectivity index (χ3n) is 6.97. The van der Waals surface area contributed by atoms with Crippen molar-refractivity contribution in [2.24, 2.45) is 5.73 Å². The number of carboxylic acids is 2. The Labute approximate surface area is 302 Å². The van der Waals surface area contributed by atoms with Gasteiger partial charge in [0.2, 0.25) is 0 Å². The predicted molar refractivity (Wildman–Crippen MR) is 200 cm³/mol. The minimum Gasteiger partial charge on any atom is -0.492 e. The van der Waals surface area contributed by atoms with Crippen molar-refractivity contribution in [2.45, 2.75) is 32.8 Å². The fourth-order valence-corrected chi connectivity index (χ4v) is 5.34. The number of aliphatic carboxylic acids is 2. The molecule has 0 atom stereocenters. The highest BCUT2D eigenvalue weighted by Gasteiger charge is 2.14. The van der Waals surface area contributed by atoms with E-state index < -0.39 is 11.9 Å². The zero-order valence-electron chi connectivity index (χ0n) is 27.7. The standard InChI is InChI=1S/C19H21ClN2O.C13H17ClN2O.C4H4O4.ClH/c1-22(2)11-10-15-12-21-16-8-9-17(19(20)18(15)16)23-13-14-6-4-3-5-7-14;1-2-7-17-11-4-3-10-12(13(11)14)9(5-6-15)8-16-10;5-3(6)1-2-4(7)8;/h3-9,12,21H,10-11,13H2,1-2H3;3-4,8,16H,2,5-7,15H2,1H3;1-2H,(H,5,6)(H,7,8);1H/b;;2-1+;. The first-order valence-corrected chi connectivity index (χ1v) is 16.2.